The topological polar surface area (TPSA) is 81.4 Å². The number of terminal acetylenes is 1. The minimum atomic E-state index is -3.69. The first-order valence-corrected chi connectivity index (χ1v) is 7.26. The number of nitrogen functional groups attached to an aromatic ring is 1. The Morgan fingerprint density at radius 1 is 1.56 bits per heavy atom. The van der Waals surface area contributed by atoms with Crippen LogP contribution in [-0.4, -0.2) is 22.1 Å². The van der Waals surface area contributed by atoms with Crippen LogP contribution in [0.4, 0.5) is 5.69 Å². The van der Waals surface area contributed by atoms with Gasteiger partial charge < -0.3 is 10.5 Å². The van der Waals surface area contributed by atoms with Crippen molar-refractivity contribution in [2.45, 2.75) is 11.3 Å². The van der Waals surface area contributed by atoms with E-state index in [-0.39, 0.29) is 17.2 Å². The number of hydrogen-bond donors (Lipinski definition) is 2. The van der Waals surface area contributed by atoms with Crippen LogP contribution in [0.15, 0.2) is 21.5 Å². The number of ether oxygens (including phenoxy) is 1. The lowest BCUT2D eigenvalue weighted by Gasteiger charge is -2.12. The van der Waals surface area contributed by atoms with E-state index in [1.165, 1.54) is 19.2 Å². The van der Waals surface area contributed by atoms with Gasteiger partial charge in [-0.25, -0.2) is 13.1 Å². The molecule has 0 spiro atoms. The molecule has 0 bridgehead atoms. The van der Waals surface area contributed by atoms with E-state index in [1.807, 2.05) is 0 Å². The number of benzene rings is 1. The number of hydrogen-bond acceptors (Lipinski definition) is 4. The average Bonchev–Trinajstić information content (AvgIpc) is 2.32. The van der Waals surface area contributed by atoms with Gasteiger partial charge in [0.2, 0.25) is 10.0 Å². The zero-order chi connectivity index (χ0) is 13.8. The van der Waals surface area contributed by atoms with Crippen molar-refractivity contribution >= 4 is 31.6 Å². The van der Waals surface area contributed by atoms with Gasteiger partial charge in [-0.3, -0.25) is 0 Å². The van der Waals surface area contributed by atoms with Gasteiger partial charge in [0.1, 0.15) is 10.6 Å². The van der Waals surface area contributed by atoms with Crippen molar-refractivity contribution in [2.75, 3.05) is 19.4 Å². The van der Waals surface area contributed by atoms with Gasteiger partial charge in [-0.05, 0) is 28.1 Å². The van der Waals surface area contributed by atoms with E-state index in [1.54, 1.807) is 0 Å². The number of sulfonamides is 1. The summed E-state index contributed by atoms with van der Waals surface area (Å²) >= 11 is 3.20. The molecule has 1 aromatic rings. The maximum Gasteiger partial charge on any atom is 0.244 e. The van der Waals surface area contributed by atoms with Crippen LogP contribution in [0.1, 0.15) is 6.42 Å². The van der Waals surface area contributed by atoms with E-state index in [9.17, 15) is 8.42 Å². The summed E-state index contributed by atoms with van der Waals surface area (Å²) in [6.45, 7) is 0.165. The maximum atomic E-state index is 12.0. The summed E-state index contributed by atoms with van der Waals surface area (Å²) in [5, 5.41) is 0. The molecule has 3 N–H and O–H groups in total. The third-order valence-corrected chi connectivity index (χ3v) is 4.30. The van der Waals surface area contributed by atoms with Crippen LogP contribution in [0.3, 0.4) is 0 Å². The number of anilines is 1. The van der Waals surface area contributed by atoms with E-state index in [0.29, 0.717) is 16.6 Å². The lowest BCUT2D eigenvalue weighted by Crippen LogP contribution is -2.25. The lowest BCUT2D eigenvalue weighted by molar-refractivity contribution is 0.402. The molecule has 0 aliphatic carbocycles. The van der Waals surface area contributed by atoms with Gasteiger partial charge in [-0.2, -0.15) is 0 Å². The number of rotatable bonds is 5. The number of halogens is 1. The SMILES string of the molecule is C#CCCNS(=O)(=O)c1cc(N)c(Br)cc1OC. The predicted octanol–water partition coefficient (Wildman–Crippen LogP) is 1.34. The molecular weight excluding hydrogens is 320 g/mol. The first kappa shape index (κ1) is 14.8. The first-order chi connectivity index (χ1) is 8.42. The number of methoxy groups -OCH3 is 1. The number of nitrogens with one attached hydrogen (secondary N) is 1. The normalized spacial score (nSPS) is 10.9. The quantitative estimate of drug-likeness (QED) is 0.484. The summed E-state index contributed by atoms with van der Waals surface area (Å²) < 4.78 is 32.0. The fraction of sp³-hybridized carbons (Fsp3) is 0.273. The van der Waals surface area contributed by atoms with E-state index in [2.05, 4.69) is 26.6 Å². The van der Waals surface area contributed by atoms with Gasteiger partial charge in [-0.1, -0.05) is 0 Å². The van der Waals surface area contributed by atoms with E-state index in [0.717, 1.165) is 0 Å². The molecule has 7 heteroatoms. The Morgan fingerprint density at radius 2 is 2.22 bits per heavy atom. The van der Waals surface area contributed by atoms with Crippen LogP contribution in [0.5, 0.6) is 5.75 Å². The fourth-order valence-corrected chi connectivity index (χ4v) is 2.79. The van der Waals surface area contributed by atoms with Crippen LogP contribution < -0.4 is 15.2 Å². The van der Waals surface area contributed by atoms with Crippen molar-refractivity contribution in [2.24, 2.45) is 0 Å². The molecule has 0 aliphatic rings. The van der Waals surface area contributed by atoms with Crippen LogP contribution >= 0.6 is 15.9 Å². The highest BCUT2D eigenvalue weighted by Crippen LogP contribution is 2.32. The van der Waals surface area contributed by atoms with Crippen LogP contribution in [-0.2, 0) is 10.0 Å². The molecule has 5 nitrogen and oxygen atoms in total. The smallest absolute Gasteiger partial charge is 0.244 e. The molecule has 0 heterocycles. The third kappa shape index (κ3) is 3.38. The van der Waals surface area contributed by atoms with Gasteiger partial charge in [0.15, 0.2) is 0 Å². The molecule has 0 aliphatic heterocycles. The molecule has 0 saturated carbocycles. The molecule has 1 aromatic carbocycles. The molecule has 1 rings (SSSR count). The largest absolute Gasteiger partial charge is 0.495 e. The molecule has 0 unspecified atom stereocenters. The van der Waals surface area contributed by atoms with Gasteiger partial charge in [-0.15, -0.1) is 12.3 Å². The Balaban J connectivity index is 3.16. The maximum absolute atomic E-state index is 12.0. The summed E-state index contributed by atoms with van der Waals surface area (Å²) in [4.78, 5) is -0.0114. The van der Waals surface area contributed by atoms with Crippen LogP contribution in [0.2, 0.25) is 0 Å². The van der Waals surface area contributed by atoms with Crippen LogP contribution in [0.25, 0.3) is 0 Å². The lowest BCUT2D eigenvalue weighted by atomic mass is 10.3. The minimum absolute atomic E-state index is 0.0114. The highest BCUT2D eigenvalue weighted by molar-refractivity contribution is 9.10. The van der Waals surface area contributed by atoms with Crippen molar-refractivity contribution in [1.82, 2.24) is 4.72 Å². The Morgan fingerprint density at radius 3 is 2.78 bits per heavy atom. The van der Waals surface area contributed by atoms with Gasteiger partial charge >= 0.3 is 0 Å². The second kappa shape index (κ2) is 6.09. The average molecular weight is 333 g/mol. The molecule has 0 amide bonds. The molecule has 18 heavy (non-hydrogen) atoms. The predicted molar refractivity (Wildman–Crippen MR) is 73.7 cm³/mol. The van der Waals surface area contributed by atoms with Crippen molar-refractivity contribution in [3.63, 3.8) is 0 Å². The first-order valence-electron chi connectivity index (χ1n) is 4.98. The Kier molecular flexibility index (Phi) is 5.02. The Hall–Kier alpha value is -1.23. The molecule has 0 fully saturated rings. The second-order valence-corrected chi connectivity index (χ2v) is 5.97. The van der Waals surface area contributed by atoms with Gasteiger partial charge in [0.05, 0.1) is 7.11 Å². The monoisotopic (exact) mass is 332 g/mol. The standard InChI is InChI=1S/C11H13BrN2O3S/c1-3-4-5-14-18(15,16)11-7-9(13)8(12)6-10(11)17-2/h1,6-7,14H,4-5,13H2,2H3. The molecular formula is C11H13BrN2O3S. The van der Waals surface area contributed by atoms with Crippen molar-refractivity contribution in [3.8, 4) is 18.1 Å². The van der Waals surface area contributed by atoms with E-state index >= 15 is 0 Å². The summed E-state index contributed by atoms with van der Waals surface area (Å²) in [5.41, 5.74) is 5.98. The molecule has 98 valence electrons. The Labute approximate surface area is 115 Å². The molecule has 0 radical (unpaired) electrons. The second-order valence-electron chi connectivity index (χ2n) is 3.38. The molecule has 0 atom stereocenters. The summed E-state index contributed by atoms with van der Waals surface area (Å²) in [5.74, 6) is 2.56. The molecule has 0 saturated heterocycles. The van der Waals surface area contributed by atoms with Crippen molar-refractivity contribution in [1.29, 1.82) is 0 Å². The Bertz CT molecular complexity index is 579. The van der Waals surface area contributed by atoms with Crippen molar-refractivity contribution < 1.29 is 13.2 Å². The number of nitrogens with two attached hydrogens (primary N) is 1. The van der Waals surface area contributed by atoms with E-state index < -0.39 is 10.0 Å². The van der Waals surface area contributed by atoms with Crippen molar-refractivity contribution in [3.05, 3.63) is 16.6 Å². The highest BCUT2D eigenvalue weighted by atomic mass is 79.9. The zero-order valence-electron chi connectivity index (χ0n) is 9.73. The highest BCUT2D eigenvalue weighted by Gasteiger charge is 2.20. The summed E-state index contributed by atoms with van der Waals surface area (Å²) in [6.07, 6.45) is 5.37. The van der Waals surface area contributed by atoms with Gasteiger partial charge in [0, 0.05) is 23.1 Å². The third-order valence-electron chi connectivity index (χ3n) is 2.13. The fourth-order valence-electron chi connectivity index (χ4n) is 1.26. The van der Waals surface area contributed by atoms with Crippen LogP contribution in [0, 0.1) is 12.3 Å². The summed E-state index contributed by atoms with van der Waals surface area (Å²) in [6, 6.07) is 2.84. The minimum Gasteiger partial charge on any atom is -0.495 e. The van der Waals surface area contributed by atoms with Gasteiger partial charge in [0.25, 0.3) is 0 Å². The van der Waals surface area contributed by atoms with E-state index in [4.69, 9.17) is 16.9 Å². The molecule has 0 aromatic heterocycles. The zero-order valence-corrected chi connectivity index (χ0v) is 12.1. The summed E-state index contributed by atoms with van der Waals surface area (Å²) in [7, 11) is -2.30.